The van der Waals surface area contributed by atoms with Crippen LogP contribution in [0.5, 0.6) is 5.75 Å². The molecule has 2 aromatic carbocycles. The van der Waals surface area contributed by atoms with Crippen LogP contribution in [-0.2, 0) is 0 Å². The zero-order chi connectivity index (χ0) is 13.2. The summed E-state index contributed by atoms with van der Waals surface area (Å²) in [6.45, 7) is 2.99. The van der Waals surface area contributed by atoms with Crippen molar-refractivity contribution in [3.8, 4) is 16.3 Å². The second-order valence-corrected chi connectivity index (χ2v) is 5.31. The molecule has 0 fully saturated rings. The van der Waals surface area contributed by atoms with E-state index in [1.54, 1.807) is 23.5 Å². The molecule has 1 heterocycles. The van der Waals surface area contributed by atoms with E-state index in [1.807, 2.05) is 6.07 Å². The predicted octanol–water partition coefficient (Wildman–Crippen LogP) is 4.10. The number of aromatic nitrogens is 1. The summed E-state index contributed by atoms with van der Waals surface area (Å²) in [7, 11) is 0. The second-order valence-electron chi connectivity index (χ2n) is 4.28. The molecule has 3 aromatic rings. The van der Waals surface area contributed by atoms with Gasteiger partial charge in [-0.25, -0.2) is 4.98 Å². The summed E-state index contributed by atoms with van der Waals surface area (Å²) >= 11 is 1.59. The lowest BCUT2D eigenvalue weighted by molar-refractivity contribution is 0.476. The number of phenols is 1. The molecule has 0 aliphatic carbocycles. The molecule has 0 spiro atoms. The lowest BCUT2D eigenvalue weighted by Gasteiger charge is -2.03. The Morgan fingerprint density at radius 3 is 2.68 bits per heavy atom. The number of hydrogen-bond acceptors (Lipinski definition) is 4. The smallest absolute Gasteiger partial charge is 0.124 e. The van der Waals surface area contributed by atoms with Gasteiger partial charge < -0.3 is 10.4 Å². The van der Waals surface area contributed by atoms with Gasteiger partial charge in [0.2, 0.25) is 0 Å². The largest absolute Gasteiger partial charge is 0.508 e. The fourth-order valence-corrected chi connectivity index (χ4v) is 2.98. The van der Waals surface area contributed by atoms with Crippen LogP contribution >= 0.6 is 11.3 Å². The van der Waals surface area contributed by atoms with Gasteiger partial charge in [-0.2, -0.15) is 0 Å². The molecule has 0 unspecified atom stereocenters. The van der Waals surface area contributed by atoms with Gasteiger partial charge in [0, 0.05) is 17.8 Å². The fraction of sp³-hybridized carbons (Fsp3) is 0.133. The minimum Gasteiger partial charge on any atom is -0.508 e. The highest BCUT2D eigenvalue weighted by atomic mass is 32.1. The van der Waals surface area contributed by atoms with Crippen LogP contribution in [-0.4, -0.2) is 16.6 Å². The molecule has 96 valence electrons. The first-order chi connectivity index (χ1) is 9.26. The fourth-order valence-electron chi connectivity index (χ4n) is 1.97. The standard InChI is InChI=1S/C15H14N2OS/c1-2-16-11-5-3-10(4-6-11)15-17-13-8-7-12(18)9-14(13)19-15/h3-9,16,18H,2H2,1H3. The monoisotopic (exact) mass is 270 g/mol. The first-order valence-corrected chi connectivity index (χ1v) is 7.02. The van der Waals surface area contributed by atoms with Crippen LogP contribution in [0.2, 0.25) is 0 Å². The third-order valence-electron chi connectivity index (χ3n) is 2.88. The Hall–Kier alpha value is -2.07. The third kappa shape index (κ3) is 2.39. The third-order valence-corrected chi connectivity index (χ3v) is 3.95. The van der Waals surface area contributed by atoms with Gasteiger partial charge in [0.05, 0.1) is 10.2 Å². The maximum atomic E-state index is 9.48. The van der Waals surface area contributed by atoms with E-state index < -0.39 is 0 Å². The summed E-state index contributed by atoms with van der Waals surface area (Å²) in [6.07, 6.45) is 0. The van der Waals surface area contributed by atoms with Gasteiger partial charge in [0.1, 0.15) is 10.8 Å². The van der Waals surface area contributed by atoms with Gasteiger partial charge in [-0.15, -0.1) is 11.3 Å². The Morgan fingerprint density at radius 2 is 1.95 bits per heavy atom. The molecule has 4 heteroatoms. The Bertz CT molecular complexity index is 704. The molecule has 3 rings (SSSR count). The van der Waals surface area contributed by atoms with Gasteiger partial charge in [-0.1, -0.05) is 0 Å². The minimum absolute atomic E-state index is 0.283. The molecule has 0 aliphatic heterocycles. The normalized spacial score (nSPS) is 10.8. The number of aromatic hydroxyl groups is 1. The SMILES string of the molecule is CCNc1ccc(-c2nc3ccc(O)cc3s2)cc1. The molecule has 0 saturated heterocycles. The number of rotatable bonds is 3. The lowest BCUT2D eigenvalue weighted by Crippen LogP contribution is -1.95. The number of thiazole rings is 1. The van der Waals surface area contributed by atoms with E-state index in [4.69, 9.17) is 0 Å². The van der Waals surface area contributed by atoms with Crippen LogP contribution in [0.3, 0.4) is 0 Å². The van der Waals surface area contributed by atoms with Crippen molar-refractivity contribution in [1.29, 1.82) is 0 Å². The summed E-state index contributed by atoms with van der Waals surface area (Å²) in [5.41, 5.74) is 3.14. The molecular weight excluding hydrogens is 256 g/mol. The van der Waals surface area contributed by atoms with Crippen molar-refractivity contribution >= 4 is 27.2 Å². The molecule has 0 saturated carbocycles. The van der Waals surface area contributed by atoms with E-state index in [2.05, 4.69) is 41.5 Å². The molecule has 2 N–H and O–H groups in total. The number of nitrogens with zero attached hydrogens (tertiary/aromatic N) is 1. The van der Waals surface area contributed by atoms with Crippen LogP contribution < -0.4 is 5.32 Å². The highest BCUT2D eigenvalue weighted by Gasteiger charge is 2.06. The molecule has 3 nitrogen and oxygen atoms in total. The number of hydrogen-bond donors (Lipinski definition) is 2. The molecule has 0 bridgehead atoms. The van der Waals surface area contributed by atoms with Gasteiger partial charge in [-0.3, -0.25) is 0 Å². The van der Waals surface area contributed by atoms with Gasteiger partial charge in [0.25, 0.3) is 0 Å². The maximum Gasteiger partial charge on any atom is 0.124 e. The lowest BCUT2D eigenvalue weighted by atomic mass is 10.2. The number of fused-ring (bicyclic) bond motifs is 1. The number of phenolic OH excluding ortho intramolecular Hbond substituents is 1. The van der Waals surface area contributed by atoms with E-state index in [-0.39, 0.29) is 5.75 Å². The zero-order valence-corrected chi connectivity index (χ0v) is 11.4. The molecule has 0 radical (unpaired) electrons. The summed E-state index contributed by atoms with van der Waals surface area (Å²) in [6, 6.07) is 13.5. The van der Waals surface area contributed by atoms with Crippen LogP contribution in [0.25, 0.3) is 20.8 Å². The van der Waals surface area contributed by atoms with E-state index in [0.717, 1.165) is 33.0 Å². The Morgan fingerprint density at radius 1 is 1.16 bits per heavy atom. The van der Waals surface area contributed by atoms with Crippen molar-refractivity contribution in [3.63, 3.8) is 0 Å². The van der Waals surface area contributed by atoms with Crippen molar-refractivity contribution in [2.45, 2.75) is 6.92 Å². The molecule has 19 heavy (non-hydrogen) atoms. The van der Waals surface area contributed by atoms with E-state index >= 15 is 0 Å². The summed E-state index contributed by atoms with van der Waals surface area (Å²) in [4.78, 5) is 4.59. The number of anilines is 1. The first kappa shape index (κ1) is 12.0. The van der Waals surface area contributed by atoms with Gasteiger partial charge in [0.15, 0.2) is 0 Å². The van der Waals surface area contributed by atoms with E-state index in [0.29, 0.717) is 0 Å². The maximum absolute atomic E-state index is 9.48. The van der Waals surface area contributed by atoms with Crippen molar-refractivity contribution in [2.24, 2.45) is 0 Å². The molecule has 1 aromatic heterocycles. The zero-order valence-electron chi connectivity index (χ0n) is 10.6. The van der Waals surface area contributed by atoms with Crippen molar-refractivity contribution in [2.75, 3.05) is 11.9 Å². The van der Waals surface area contributed by atoms with Gasteiger partial charge in [-0.05, 0) is 49.4 Å². The minimum atomic E-state index is 0.283. The number of nitrogens with one attached hydrogen (secondary N) is 1. The molecule has 0 aliphatic rings. The average molecular weight is 270 g/mol. The molecular formula is C15H14N2OS. The Balaban J connectivity index is 1.99. The topological polar surface area (TPSA) is 45.2 Å². The average Bonchev–Trinajstić information content (AvgIpc) is 2.83. The number of benzene rings is 2. The Labute approximate surface area is 115 Å². The van der Waals surface area contributed by atoms with E-state index in [9.17, 15) is 5.11 Å². The van der Waals surface area contributed by atoms with Crippen molar-refractivity contribution < 1.29 is 5.11 Å². The van der Waals surface area contributed by atoms with Crippen molar-refractivity contribution in [3.05, 3.63) is 42.5 Å². The summed E-state index contributed by atoms with van der Waals surface area (Å²) in [5.74, 6) is 0.283. The van der Waals surface area contributed by atoms with Crippen LogP contribution in [0, 0.1) is 0 Å². The highest BCUT2D eigenvalue weighted by Crippen LogP contribution is 2.32. The Kier molecular flexibility index (Phi) is 3.09. The van der Waals surface area contributed by atoms with Crippen molar-refractivity contribution in [1.82, 2.24) is 4.98 Å². The quantitative estimate of drug-likeness (QED) is 0.753. The van der Waals surface area contributed by atoms with Crippen LogP contribution in [0.4, 0.5) is 5.69 Å². The molecule has 0 atom stereocenters. The van der Waals surface area contributed by atoms with E-state index in [1.165, 1.54) is 0 Å². The summed E-state index contributed by atoms with van der Waals surface area (Å²) in [5, 5.41) is 13.7. The summed E-state index contributed by atoms with van der Waals surface area (Å²) < 4.78 is 1.01. The molecule has 0 amide bonds. The van der Waals surface area contributed by atoms with Gasteiger partial charge >= 0.3 is 0 Å². The van der Waals surface area contributed by atoms with Crippen LogP contribution in [0.15, 0.2) is 42.5 Å². The second kappa shape index (κ2) is 4.90. The highest BCUT2D eigenvalue weighted by molar-refractivity contribution is 7.21. The van der Waals surface area contributed by atoms with Crippen LogP contribution in [0.1, 0.15) is 6.92 Å². The first-order valence-electron chi connectivity index (χ1n) is 6.20. The predicted molar refractivity (Wildman–Crippen MR) is 80.9 cm³/mol.